The number of amides is 3. The van der Waals surface area contributed by atoms with Crippen LogP contribution in [0.1, 0.15) is 10.4 Å². The highest BCUT2D eigenvalue weighted by atomic mass is 32.2. The first-order valence-electron chi connectivity index (χ1n) is 10.8. The zero-order valence-electron chi connectivity index (χ0n) is 17.7. The standard InChI is InChI=1S/C23H22N4O5S/c28-21-18-9-26(23(30)17-10-33-11-24-17)5-6-27(18)22(29)15-7-13(1-3-16(15)25-21)14-2-4-19-20(8-14)32-12-31-19/h1-4,7-8,17-18,24H,5-6,9-12H2,(H,25,28)/t17-,18+/m0/s1. The van der Waals surface area contributed by atoms with Gasteiger partial charge in [-0.15, -0.1) is 11.8 Å². The minimum absolute atomic E-state index is 0.00763. The number of anilines is 1. The minimum atomic E-state index is -0.717. The molecule has 0 aliphatic carbocycles. The van der Waals surface area contributed by atoms with Crippen LogP contribution in [0.15, 0.2) is 36.4 Å². The largest absolute Gasteiger partial charge is 0.454 e. The summed E-state index contributed by atoms with van der Waals surface area (Å²) >= 11 is 1.68. The molecule has 33 heavy (non-hydrogen) atoms. The van der Waals surface area contributed by atoms with Gasteiger partial charge in [0.05, 0.1) is 23.8 Å². The lowest BCUT2D eigenvalue weighted by atomic mass is 10.0. The molecule has 0 bridgehead atoms. The maximum absolute atomic E-state index is 13.5. The first kappa shape index (κ1) is 20.4. The Balaban J connectivity index is 1.28. The first-order valence-corrected chi connectivity index (χ1v) is 12.0. The van der Waals surface area contributed by atoms with Gasteiger partial charge in [0.15, 0.2) is 11.5 Å². The second-order valence-corrected chi connectivity index (χ2v) is 9.42. The third-order valence-corrected chi connectivity index (χ3v) is 7.42. The van der Waals surface area contributed by atoms with Crippen LogP contribution in [-0.4, -0.2) is 77.7 Å². The van der Waals surface area contributed by atoms with Crippen LogP contribution in [0.4, 0.5) is 5.69 Å². The molecule has 0 spiro atoms. The maximum atomic E-state index is 13.5. The Morgan fingerprint density at radius 2 is 1.85 bits per heavy atom. The van der Waals surface area contributed by atoms with E-state index in [0.29, 0.717) is 35.8 Å². The van der Waals surface area contributed by atoms with Gasteiger partial charge in [-0.3, -0.25) is 19.7 Å². The van der Waals surface area contributed by atoms with E-state index in [2.05, 4.69) is 10.6 Å². The molecule has 4 aliphatic heterocycles. The van der Waals surface area contributed by atoms with Crippen molar-refractivity contribution in [1.29, 1.82) is 0 Å². The molecule has 2 aromatic carbocycles. The molecule has 0 saturated carbocycles. The Hall–Kier alpha value is -3.24. The highest BCUT2D eigenvalue weighted by Crippen LogP contribution is 2.37. The Bertz CT molecular complexity index is 1170. The van der Waals surface area contributed by atoms with Crippen LogP contribution in [0.5, 0.6) is 11.5 Å². The van der Waals surface area contributed by atoms with Gasteiger partial charge in [0.25, 0.3) is 5.91 Å². The number of carbonyl (C=O) groups is 3. The number of piperazine rings is 1. The van der Waals surface area contributed by atoms with Crippen LogP contribution in [0.25, 0.3) is 11.1 Å². The summed E-state index contributed by atoms with van der Waals surface area (Å²) in [5, 5.41) is 6.08. The van der Waals surface area contributed by atoms with Crippen molar-refractivity contribution < 1.29 is 23.9 Å². The van der Waals surface area contributed by atoms with Gasteiger partial charge in [-0.05, 0) is 35.4 Å². The number of hydrogen-bond donors (Lipinski definition) is 2. The van der Waals surface area contributed by atoms with E-state index in [1.807, 2.05) is 24.3 Å². The Labute approximate surface area is 194 Å². The van der Waals surface area contributed by atoms with Gasteiger partial charge in [-0.2, -0.15) is 0 Å². The molecule has 2 N–H and O–H groups in total. The zero-order valence-corrected chi connectivity index (χ0v) is 18.5. The SMILES string of the molecule is O=C1Nc2ccc(-c3ccc4c(c3)OCO4)cc2C(=O)N2CCN(C(=O)[C@@H]3CSCN3)C[C@H]12. The summed E-state index contributed by atoms with van der Waals surface area (Å²) in [6.45, 7) is 1.12. The lowest BCUT2D eigenvalue weighted by Crippen LogP contribution is -2.61. The van der Waals surface area contributed by atoms with E-state index in [4.69, 9.17) is 9.47 Å². The number of rotatable bonds is 2. The van der Waals surface area contributed by atoms with E-state index in [1.54, 1.807) is 33.7 Å². The van der Waals surface area contributed by atoms with Crippen LogP contribution in [0, 0.1) is 0 Å². The van der Waals surface area contributed by atoms with Gasteiger partial charge in [0.1, 0.15) is 6.04 Å². The van der Waals surface area contributed by atoms with E-state index in [1.165, 1.54) is 0 Å². The van der Waals surface area contributed by atoms with Crippen molar-refractivity contribution in [2.75, 3.05) is 43.4 Å². The average Bonchev–Trinajstić information content (AvgIpc) is 3.53. The van der Waals surface area contributed by atoms with E-state index >= 15 is 0 Å². The molecule has 9 nitrogen and oxygen atoms in total. The molecule has 2 fully saturated rings. The van der Waals surface area contributed by atoms with Gasteiger partial charge in [0.2, 0.25) is 18.6 Å². The normalized spacial score (nSPS) is 23.6. The number of nitrogens with one attached hydrogen (secondary N) is 2. The summed E-state index contributed by atoms with van der Waals surface area (Å²) in [6, 6.07) is 10.1. The number of benzene rings is 2. The number of fused-ring (bicyclic) bond motifs is 3. The second-order valence-electron chi connectivity index (χ2n) is 8.39. The van der Waals surface area contributed by atoms with Crippen LogP contribution in [0.3, 0.4) is 0 Å². The van der Waals surface area contributed by atoms with Gasteiger partial charge in [0, 0.05) is 24.7 Å². The number of nitrogens with zero attached hydrogens (tertiary/aromatic N) is 2. The maximum Gasteiger partial charge on any atom is 0.256 e. The topological polar surface area (TPSA) is 100 Å². The zero-order chi connectivity index (χ0) is 22.5. The molecule has 10 heteroatoms. The molecule has 0 unspecified atom stereocenters. The summed E-state index contributed by atoms with van der Waals surface area (Å²) in [5.74, 6) is 2.34. The summed E-state index contributed by atoms with van der Waals surface area (Å²) in [5.41, 5.74) is 2.65. The number of hydrogen-bond acceptors (Lipinski definition) is 7. The molecule has 2 aromatic rings. The van der Waals surface area contributed by atoms with Crippen molar-refractivity contribution in [3.63, 3.8) is 0 Å². The highest BCUT2D eigenvalue weighted by molar-refractivity contribution is 7.99. The number of thioether (sulfide) groups is 1. The van der Waals surface area contributed by atoms with Gasteiger partial charge >= 0.3 is 0 Å². The summed E-state index contributed by atoms with van der Waals surface area (Å²) in [7, 11) is 0. The Kier molecular flexibility index (Phi) is 4.92. The monoisotopic (exact) mass is 466 g/mol. The van der Waals surface area contributed by atoms with Crippen molar-refractivity contribution in [2.45, 2.75) is 12.1 Å². The molecular weight excluding hydrogens is 444 g/mol. The fourth-order valence-electron chi connectivity index (χ4n) is 4.68. The number of carbonyl (C=O) groups excluding carboxylic acids is 3. The van der Waals surface area contributed by atoms with E-state index in [-0.39, 0.29) is 37.1 Å². The second kappa shape index (κ2) is 7.96. The summed E-state index contributed by atoms with van der Waals surface area (Å²) in [4.78, 5) is 42.7. The van der Waals surface area contributed by atoms with Crippen molar-refractivity contribution in [3.05, 3.63) is 42.0 Å². The molecule has 2 atom stereocenters. The fourth-order valence-corrected chi connectivity index (χ4v) is 5.61. The van der Waals surface area contributed by atoms with Crippen LogP contribution < -0.4 is 20.1 Å². The smallest absolute Gasteiger partial charge is 0.256 e. The summed E-state index contributed by atoms with van der Waals surface area (Å²) in [6.07, 6.45) is 0. The molecule has 170 valence electrons. The van der Waals surface area contributed by atoms with Crippen molar-refractivity contribution in [1.82, 2.24) is 15.1 Å². The molecule has 2 saturated heterocycles. The average molecular weight is 467 g/mol. The van der Waals surface area contributed by atoms with Crippen molar-refractivity contribution in [3.8, 4) is 22.6 Å². The highest BCUT2D eigenvalue weighted by Gasteiger charge is 2.41. The molecule has 0 radical (unpaired) electrons. The summed E-state index contributed by atoms with van der Waals surface area (Å²) < 4.78 is 10.9. The molecule has 6 rings (SSSR count). The quantitative estimate of drug-likeness (QED) is 0.689. The van der Waals surface area contributed by atoms with Gasteiger partial charge in [-0.1, -0.05) is 12.1 Å². The molecule has 0 aromatic heterocycles. The number of ether oxygens (including phenoxy) is 2. The van der Waals surface area contributed by atoms with Crippen molar-refractivity contribution in [2.24, 2.45) is 0 Å². The minimum Gasteiger partial charge on any atom is -0.454 e. The fraction of sp³-hybridized carbons (Fsp3) is 0.348. The molecule has 4 heterocycles. The first-order chi connectivity index (χ1) is 16.1. The van der Waals surface area contributed by atoms with Crippen LogP contribution in [-0.2, 0) is 9.59 Å². The predicted octanol–water partition coefficient (Wildman–Crippen LogP) is 1.35. The predicted molar refractivity (Wildman–Crippen MR) is 122 cm³/mol. The van der Waals surface area contributed by atoms with Gasteiger partial charge < -0.3 is 24.6 Å². The van der Waals surface area contributed by atoms with E-state index in [9.17, 15) is 14.4 Å². The van der Waals surface area contributed by atoms with Crippen LogP contribution in [0.2, 0.25) is 0 Å². The van der Waals surface area contributed by atoms with Crippen molar-refractivity contribution >= 4 is 35.2 Å². The Morgan fingerprint density at radius 1 is 1.03 bits per heavy atom. The third-order valence-electron chi connectivity index (χ3n) is 6.48. The molecule has 3 amide bonds. The lowest BCUT2D eigenvalue weighted by Gasteiger charge is -2.40. The van der Waals surface area contributed by atoms with E-state index in [0.717, 1.165) is 22.8 Å². The Morgan fingerprint density at radius 3 is 2.70 bits per heavy atom. The molecule has 4 aliphatic rings. The van der Waals surface area contributed by atoms with Crippen LogP contribution >= 0.6 is 11.8 Å². The lowest BCUT2D eigenvalue weighted by molar-refractivity contribution is -0.137. The van der Waals surface area contributed by atoms with Gasteiger partial charge in [-0.25, -0.2) is 0 Å². The third kappa shape index (κ3) is 3.50. The molecular formula is C23H22N4O5S. The van der Waals surface area contributed by atoms with E-state index < -0.39 is 6.04 Å².